The normalized spacial score (nSPS) is 36.6. The average molecular weight is 301 g/mol. The van der Waals surface area contributed by atoms with Crippen molar-refractivity contribution in [3.8, 4) is 11.5 Å². The van der Waals surface area contributed by atoms with Gasteiger partial charge < -0.3 is 19.8 Å². The summed E-state index contributed by atoms with van der Waals surface area (Å²) < 4.78 is 5.31. The maximum Gasteiger partial charge on any atom is 0.162 e. The third-order valence-corrected chi connectivity index (χ3v) is 6.12. The number of phenols is 1. The molecule has 118 valence electrons. The molecule has 2 N–H and O–H groups in total. The van der Waals surface area contributed by atoms with Gasteiger partial charge in [-0.25, -0.2) is 0 Å². The molecule has 1 heterocycles. The highest BCUT2D eigenvalue weighted by atomic mass is 16.5. The van der Waals surface area contributed by atoms with E-state index < -0.39 is 11.0 Å². The topological polar surface area (TPSA) is 52.9 Å². The third kappa shape index (κ3) is 1.49. The maximum absolute atomic E-state index is 11.6. The van der Waals surface area contributed by atoms with Gasteiger partial charge in [-0.3, -0.25) is 0 Å². The van der Waals surface area contributed by atoms with Crippen LogP contribution in [0.4, 0.5) is 0 Å². The van der Waals surface area contributed by atoms with E-state index >= 15 is 0 Å². The third-order valence-electron chi connectivity index (χ3n) is 6.12. The molecule has 4 rings (SSSR count). The van der Waals surface area contributed by atoms with Gasteiger partial charge in [0, 0.05) is 17.0 Å². The van der Waals surface area contributed by atoms with E-state index in [9.17, 15) is 10.2 Å². The second-order valence-corrected chi connectivity index (χ2v) is 6.94. The smallest absolute Gasteiger partial charge is 0.162 e. The Balaban J connectivity index is 2.03. The van der Waals surface area contributed by atoms with Gasteiger partial charge in [0.05, 0.1) is 12.7 Å². The zero-order valence-corrected chi connectivity index (χ0v) is 13.2. The van der Waals surface area contributed by atoms with Crippen LogP contribution in [0.25, 0.3) is 0 Å². The molecular formula is C18H23NO3. The van der Waals surface area contributed by atoms with Crippen LogP contribution in [0.1, 0.15) is 30.4 Å². The molecule has 1 aromatic carbocycles. The van der Waals surface area contributed by atoms with Crippen LogP contribution in [-0.4, -0.2) is 47.5 Å². The fourth-order valence-electron chi connectivity index (χ4n) is 5.00. The summed E-state index contributed by atoms with van der Waals surface area (Å²) in [6.07, 6.45) is 7.53. The molecule has 0 unspecified atom stereocenters. The quantitative estimate of drug-likeness (QED) is 0.779. The number of ether oxygens (including phenoxy) is 1. The van der Waals surface area contributed by atoms with Gasteiger partial charge in [0.2, 0.25) is 0 Å². The van der Waals surface area contributed by atoms with Crippen molar-refractivity contribution in [1.82, 2.24) is 4.90 Å². The lowest BCUT2D eigenvalue weighted by atomic mass is 9.51. The number of aromatic hydroxyl groups is 1. The molecule has 0 aromatic heterocycles. The number of hydrogen-bond acceptors (Lipinski definition) is 4. The summed E-state index contributed by atoms with van der Waals surface area (Å²) in [5.74, 6) is 0.694. The largest absolute Gasteiger partial charge is 0.504 e. The standard InChI is InChI=1S/C18H23NO3/c1-19-10-9-17-7-3-4-8-18(17,21)14(19)11-12-5-6-13(22-2)16(20)15(12)17/h3,5-7,14,20-21H,4,8-11H2,1-2H3/t14-,17+,18-/m0/s1. The van der Waals surface area contributed by atoms with Crippen LogP contribution in [0, 0.1) is 0 Å². The number of phenolic OH excluding ortho intramolecular Hbond substituents is 1. The monoisotopic (exact) mass is 301 g/mol. The second kappa shape index (κ2) is 4.49. The van der Waals surface area contributed by atoms with Crippen molar-refractivity contribution in [2.75, 3.05) is 20.7 Å². The van der Waals surface area contributed by atoms with Crippen molar-refractivity contribution in [1.29, 1.82) is 0 Å². The van der Waals surface area contributed by atoms with Crippen molar-refractivity contribution in [2.24, 2.45) is 0 Å². The molecule has 2 bridgehead atoms. The molecule has 0 saturated carbocycles. The fraction of sp³-hybridized carbons (Fsp3) is 0.556. The molecule has 0 radical (unpaired) electrons. The fourth-order valence-corrected chi connectivity index (χ4v) is 5.00. The van der Waals surface area contributed by atoms with Gasteiger partial charge in [-0.1, -0.05) is 18.2 Å². The van der Waals surface area contributed by atoms with E-state index in [0.717, 1.165) is 43.4 Å². The Hall–Kier alpha value is -1.52. The first-order valence-corrected chi connectivity index (χ1v) is 8.03. The molecule has 1 saturated heterocycles. The SMILES string of the molecule is COc1ccc2c(c1O)[C@]13C=CCC[C@]1(O)[C@H](C2)N(C)CC3. The van der Waals surface area contributed by atoms with Crippen LogP contribution >= 0.6 is 0 Å². The summed E-state index contributed by atoms with van der Waals surface area (Å²) >= 11 is 0. The minimum atomic E-state index is -0.814. The second-order valence-electron chi connectivity index (χ2n) is 6.94. The molecule has 4 nitrogen and oxygen atoms in total. The first-order chi connectivity index (χ1) is 10.5. The van der Waals surface area contributed by atoms with Crippen LogP contribution in [0.5, 0.6) is 11.5 Å². The number of hydrogen-bond donors (Lipinski definition) is 2. The van der Waals surface area contributed by atoms with Crippen molar-refractivity contribution in [3.63, 3.8) is 0 Å². The molecule has 22 heavy (non-hydrogen) atoms. The Labute approximate surface area is 131 Å². The summed E-state index contributed by atoms with van der Waals surface area (Å²) in [5, 5.41) is 22.4. The van der Waals surface area contributed by atoms with Gasteiger partial charge in [0.1, 0.15) is 0 Å². The minimum absolute atomic E-state index is 0.103. The lowest BCUT2D eigenvalue weighted by Crippen LogP contribution is -2.70. The van der Waals surface area contributed by atoms with E-state index in [1.54, 1.807) is 7.11 Å². The van der Waals surface area contributed by atoms with E-state index in [-0.39, 0.29) is 11.8 Å². The van der Waals surface area contributed by atoms with Crippen LogP contribution < -0.4 is 4.74 Å². The number of nitrogens with zero attached hydrogens (tertiary/aromatic N) is 1. The lowest BCUT2D eigenvalue weighted by Gasteiger charge is -2.61. The van der Waals surface area contributed by atoms with E-state index in [1.807, 2.05) is 12.1 Å². The number of rotatable bonds is 1. The van der Waals surface area contributed by atoms with Crippen LogP contribution in [-0.2, 0) is 11.8 Å². The highest BCUT2D eigenvalue weighted by Crippen LogP contribution is 2.58. The number of methoxy groups -OCH3 is 1. The van der Waals surface area contributed by atoms with Crippen LogP contribution in [0.15, 0.2) is 24.3 Å². The molecule has 1 fully saturated rings. The maximum atomic E-state index is 11.6. The Bertz CT molecular complexity index is 656. The van der Waals surface area contributed by atoms with Crippen molar-refractivity contribution in [3.05, 3.63) is 35.4 Å². The van der Waals surface area contributed by atoms with E-state index in [2.05, 4.69) is 24.1 Å². The van der Waals surface area contributed by atoms with Gasteiger partial charge in [0.25, 0.3) is 0 Å². The van der Waals surface area contributed by atoms with Gasteiger partial charge in [-0.05, 0) is 50.9 Å². The van der Waals surface area contributed by atoms with E-state index in [1.165, 1.54) is 0 Å². The van der Waals surface area contributed by atoms with Crippen molar-refractivity contribution < 1.29 is 14.9 Å². The Morgan fingerprint density at radius 2 is 2.14 bits per heavy atom. The predicted octanol–water partition coefficient (Wildman–Crippen LogP) is 1.98. The summed E-state index contributed by atoms with van der Waals surface area (Å²) in [5.41, 5.74) is 0.709. The number of aliphatic hydroxyl groups is 1. The number of likely N-dealkylation sites (tertiary alicyclic amines) is 1. The Morgan fingerprint density at radius 1 is 1.32 bits per heavy atom. The summed E-state index contributed by atoms with van der Waals surface area (Å²) in [6.45, 7) is 0.924. The Kier molecular flexibility index (Phi) is 2.88. The molecular weight excluding hydrogens is 278 g/mol. The molecule has 3 atom stereocenters. The lowest BCUT2D eigenvalue weighted by molar-refractivity contribution is -0.132. The zero-order valence-electron chi connectivity index (χ0n) is 13.2. The number of allylic oxidation sites excluding steroid dienone is 1. The molecule has 3 aliphatic rings. The minimum Gasteiger partial charge on any atom is -0.504 e. The van der Waals surface area contributed by atoms with Gasteiger partial charge in [-0.2, -0.15) is 0 Å². The molecule has 0 spiro atoms. The number of fused-ring (bicyclic) bond motifs is 1. The molecule has 2 aliphatic carbocycles. The first-order valence-electron chi connectivity index (χ1n) is 8.03. The van der Waals surface area contributed by atoms with Gasteiger partial charge in [0.15, 0.2) is 11.5 Å². The summed E-state index contributed by atoms with van der Waals surface area (Å²) in [4.78, 5) is 2.28. The molecule has 1 aliphatic heterocycles. The number of likely N-dealkylation sites (N-methyl/N-ethyl adjacent to an activating group) is 1. The Morgan fingerprint density at radius 3 is 2.91 bits per heavy atom. The summed E-state index contributed by atoms with van der Waals surface area (Å²) in [6, 6.07) is 3.98. The number of piperidine rings is 1. The van der Waals surface area contributed by atoms with Crippen LogP contribution in [0.3, 0.4) is 0 Å². The molecule has 0 amide bonds. The zero-order chi connectivity index (χ0) is 15.5. The van der Waals surface area contributed by atoms with Gasteiger partial charge >= 0.3 is 0 Å². The van der Waals surface area contributed by atoms with E-state index in [0.29, 0.717) is 5.75 Å². The highest BCUT2D eigenvalue weighted by Gasteiger charge is 2.62. The highest BCUT2D eigenvalue weighted by molar-refractivity contribution is 5.60. The van der Waals surface area contributed by atoms with Crippen molar-refractivity contribution >= 4 is 0 Å². The average Bonchev–Trinajstić information content (AvgIpc) is 2.51. The van der Waals surface area contributed by atoms with Crippen LogP contribution in [0.2, 0.25) is 0 Å². The molecule has 1 aromatic rings. The van der Waals surface area contributed by atoms with Gasteiger partial charge in [-0.15, -0.1) is 0 Å². The predicted molar refractivity (Wildman–Crippen MR) is 84.4 cm³/mol. The first kappa shape index (κ1) is 14.1. The van der Waals surface area contributed by atoms with E-state index in [4.69, 9.17) is 4.74 Å². The molecule has 4 heteroatoms. The number of benzene rings is 1. The van der Waals surface area contributed by atoms with Crippen molar-refractivity contribution in [2.45, 2.75) is 42.7 Å². The summed E-state index contributed by atoms with van der Waals surface area (Å²) in [7, 11) is 3.67.